The van der Waals surface area contributed by atoms with Crippen molar-refractivity contribution in [3.8, 4) is 17.0 Å². The van der Waals surface area contributed by atoms with Crippen LogP contribution in [0.25, 0.3) is 16.9 Å². The summed E-state index contributed by atoms with van der Waals surface area (Å²) in [5.74, 6) is -1.22. The van der Waals surface area contributed by atoms with Crippen molar-refractivity contribution in [2.75, 3.05) is 18.7 Å². The smallest absolute Gasteiger partial charge is 0.248 e. The highest BCUT2D eigenvalue weighted by Crippen LogP contribution is 2.36. The monoisotopic (exact) mass is 390 g/mol. The van der Waals surface area contributed by atoms with Crippen LogP contribution in [-0.4, -0.2) is 33.9 Å². The topological polar surface area (TPSA) is 51.5 Å². The molecule has 3 aromatic rings. The zero-order valence-electron chi connectivity index (χ0n) is 15.2. The van der Waals surface area contributed by atoms with E-state index >= 15 is 0 Å². The molecule has 28 heavy (non-hydrogen) atoms. The molecule has 148 valence electrons. The number of imidazole rings is 1. The Morgan fingerprint density at radius 1 is 1.18 bits per heavy atom. The van der Waals surface area contributed by atoms with Gasteiger partial charge < -0.3 is 10.1 Å². The first-order chi connectivity index (χ1) is 13.5. The predicted molar refractivity (Wildman–Crippen MR) is 100 cm³/mol. The molecule has 0 saturated heterocycles. The fraction of sp³-hybridized carbons (Fsp3) is 0.400. The van der Waals surface area contributed by atoms with Gasteiger partial charge >= 0.3 is 0 Å². The summed E-state index contributed by atoms with van der Waals surface area (Å²) in [4.78, 5) is 4.35. The van der Waals surface area contributed by atoms with Crippen molar-refractivity contribution < 1.29 is 17.9 Å². The molecule has 1 aromatic carbocycles. The molecule has 1 saturated carbocycles. The van der Waals surface area contributed by atoms with Gasteiger partial charge in [-0.15, -0.1) is 5.10 Å². The van der Waals surface area contributed by atoms with Crippen LogP contribution in [0, 0.1) is 5.92 Å². The largest absolute Gasteiger partial charge is 0.463 e. The van der Waals surface area contributed by atoms with Crippen molar-refractivity contribution in [3.63, 3.8) is 0 Å². The van der Waals surface area contributed by atoms with Gasteiger partial charge in [0.2, 0.25) is 12.8 Å². The number of halogens is 3. The van der Waals surface area contributed by atoms with Gasteiger partial charge in [-0.2, -0.15) is 0 Å². The van der Waals surface area contributed by atoms with Gasteiger partial charge in [0.1, 0.15) is 11.6 Å². The van der Waals surface area contributed by atoms with Crippen LogP contribution < -0.4 is 10.1 Å². The molecule has 0 aliphatic heterocycles. The predicted octanol–water partition coefficient (Wildman–Crippen LogP) is 4.94. The van der Waals surface area contributed by atoms with Crippen LogP contribution in [0.5, 0.6) is 5.75 Å². The third kappa shape index (κ3) is 4.05. The zero-order valence-corrected chi connectivity index (χ0v) is 15.2. The summed E-state index contributed by atoms with van der Waals surface area (Å²) < 4.78 is 45.6. The molecule has 4 rings (SSSR count). The lowest BCUT2D eigenvalue weighted by atomic mass is 9.87. The second-order valence-corrected chi connectivity index (χ2v) is 7.09. The summed E-state index contributed by atoms with van der Waals surface area (Å²) in [6, 6.07) is 10.7. The lowest BCUT2D eigenvalue weighted by Gasteiger charge is -2.28. The first-order valence-corrected chi connectivity index (χ1v) is 9.30. The van der Waals surface area contributed by atoms with E-state index in [0.29, 0.717) is 36.6 Å². The molecule has 5 nitrogen and oxygen atoms in total. The lowest BCUT2D eigenvalue weighted by molar-refractivity contribution is -0.0443. The maximum atomic E-state index is 13.3. The van der Waals surface area contributed by atoms with Crippen LogP contribution in [0.2, 0.25) is 0 Å². The summed E-state index contributed by atoms with van der Waals surface area (Å²) in [6.07, 6.45) is 2.63. The van der Waals surface area contributed by atoms with Gasteiger partial charge in [0, 0.05) is 24.9 Å². The first-order valence-electron chi connectivity index (χ1n) is 9.30. The van der Waals surface area contributed by atoms with E-state index < -0.39 is 12.8 Å². The maximum Gasteiger partial charge on any atom is 0.248 e. The number of aromatic nitrogens is 3. The summed E-state index contributed by atoms with van der Waals surface area (Å²) in [6.45, 7) is -0.283. The number of anilines is 1. The molecule has 0 unspecified atom stereocenters. The van der Waals surface area contributed by atoms with Gasteiger partial charge in [0.25, 0.3) is 0 Å². The van der Waals surface area contributed by atoms with E-state index in [1.807, 2.05) is 18.2 Å². The quantitative estimate of drug-likeness (QED) is 0.648. The minimum atomic E-state index is -2.51. The third-order valence-electron chi connectivity index (χ3n) is 5.12. The number of benzene rings is 1. The average Bonchev–Trinajstić information content (AvgIpc) is 3.11. The summed E-state index contributed by atoms with van der Waals surface area (Å²) in [5, 5.41) is 7.84. The number of rotatable bonds is 6. The molecule has 8 heteroatoms. The van der Waals surface area contributed by atoms with Crippen LogP contribution in [0.4, 0.5) is 19.0 Å². The van der Waals surface area contributed by atoms with E-state index in [-0.39, 0.29) is 18.8 Å². The molecule has 0 atom stereocenters. The summed E-state index contributed by atoms with van der Waals surface area (Å²) in [5.41, 5.74) is 2.23. The van der Waals surface area contributed by atoms with Crippen LogP contribution in [0.3, 0.4) is 0 Å². The Labute approximate surface area is 160 Å². The molecular formula is C20H21F3N4O. The molecule has 0 radical (unpaired) electrons. The Kier molecular flexibility index (Phi) is 5.11. The van der Waals surface area contributed by atoms with Crippen LogP contribution >= 0.6 is 0 Å². The van der Waals surface area contributed by atoms with Crippen LogP contribution in [0.1, 0.15) is 25.7 Å². The molecule has 1 aliphatic rings. The third-order valence-corrected chi connectivity index (χ3v) is 5.12. The molecule has 2 aromatic heterocycles. The van der Waals surface area contributed by atoms with Crippen molar-refractivity contribution in [3.05, 3.63) is 42.6 Å². The zero-order chi connectivity index (χ0) is 19.6. The van der Waals surface area contributed by atoms with E-state index in [1.165, 1.54) is 0 Å². The number of nitrogens with zero attached hydrogens (tertiary/aromatic N) is 3. The Morgan fingerprint density at radius 2 is 2.00 bits per heavy atom. The van der Waals surface area contributed by atoms with E-state index in [0.717, 1.165) is 11.3 Å². The summed E-state index contributed by atoms with van der Waals surface area (Å²) >= 11 is 0. The lowest BCUT2D eigenvalue weighted by Crippen LogP contribution is -2.28. The van der Waals surface area contributed by atoms with Crippen molar-refractivity contribution >= 4 is 11.5 Å². The molecule has 0 bridgehead atoms. The molecule has 0 amide bonds. The minimum Gasteiger partial charge on any atom is -0.463 e. The van der Waals surface area contributed by atoms with Gasteiger partial charge in [-0.25, -0.2) is 22.7 Å². The second-order valence-electron chi connectivity index (χ2n) is 7.09. The molecule has 1 fully saturated rings. The molecule has 1 aliphatic carbocycles. The van der Waals surface area contributed by atoms with Crippen LogP contribution in [0.15, 0.2) is 42.6 Å². The molecular weight excluding hydrogens is 369 g/mol. The Morgan fingerprint density at radius 3 is 2.79 bits per heavy atom. The number of ether oxygens (including phenoxy) is 1. The average molecular weight is 390 g/mol. The normalized spacial score (nSPS) is 17.0. The van der Waals surface area contributed by atoms with E-state index in [2.05, 4.69) is 15.4 Å². The fourth-order valence-electron chi connectivity index (χ4n) is 3.53. The van der Waals surface area contributed by atoms with Crippen molar-refractivity contribution in [1.82, 2.24) is 14.6 Å². The van der Waals surface area contributed by atoms with Gasteiger partial charge in [-0.05, 0) is 43.0 Å². The van der Waals surface area contributed by atoms with Crippen LogP contribution in [-0.2, 0) is 0 Å². The Hall–Kier alpha value is -2.77. The molecule has 2 heterocycles. The van der Waals surface area contributed by atoms with Gasteiger partial charge in [0.05, 0.1) is 11.9 Å². The standard InChI is InChI=1S/C20H21F3N4O/c21-13-28-16-3-1-2-15(10-16)17-12-25-19-5-4-18(26-27(17)19)24-11-14-6-8-20(22,23)9-7-14/h1-5,10,12,14H,6-9,11,13H2,(H,24,26). The maximum absolute atomic E-state index is 13.3. The highest BCUT2D eigenvalue weighted by molar-refractivity contribution is 5.65. The van der Waals surface area contributed by atoms with Gasteiger partial charge in [-0.1, -0.05) is 12.1 Å². The van der Waals surface area contributed by atoms with E-state index in [4.69, 9.17) is 4.74 Å². The Balaban J connectivity index is 1.51. The van der Waals surface area contributed by atoms with Crippen molar-refractivity contribution in [2.45, 2.75) is 31.6 Å². The van der Waals surface area contributed by atoms with Gasteiger partial charge in [-0.3, -0.25) is 0 Å². The Bertz CT molecular complexity index is 950. The van der Waals surface area contributed by atoms with Gasteiger partial charge in [0.15, 0.2) is 5.65 Å². The molecule has 1 N–H and O–H groups in total. The number of hydrogen-bond acceptors (Lipinski definition) is 4. The van der Waals surface area contributed by atoms with E-state index in [9.17, 15) is 13.2 Å². The fourth-order valence-corrected chi connectivity index (χ4v) is 3.53. The van der Waals surface area contributed by atoms with Crippen molar-refractivity contribution in [2.24, 2.45) is 5.92 Å². The first kappa shape index (κ1) is 18.6. The number of hydrogen-bond donors (Lipinski definition) is 1. The SMILES string of the molecule is FCOc1cccc(-c2cnc3ccc(NCC4CCC(F)(F)CC4)nn23)c1. The number of fused-ring (bicyclic) bond motifs is 1. The molecule has 0 spiro atoms. The second kappa shape index (κ2) is 7.69. The van der Waals surface area contributed by atoms with E-state index in [1.54, 1.807) is 28.9 Å². The highest BCUT2D eigenvalue weighted by atomic mass is 19.3. The minimum absolute atomic E-state index is 0.0469. The number of alkyl halides is 3. The summed E-state index contributed by atoms with van der Waals surface area (Å²) in [7, 11) is 0. The van der Waals surface area contributed by atoms with Crippen molar-refractivity contribution in [1.29, 1.82) is 0 Å². The number of nitrogens with one attached hydrogen (secondary N) is 1. The highest BCUT2D eigenvalue weighted by Gasteiger charge is 2.34.